The van der Waals surface area contributed by atoms with Gasteiger partial charge in [-0.2, -0.15) is 0 Å². The Kier molecular flexibility index (Phi) is 4.19. The van der Waals surface area contributed by atoms with Crippen LogP contribution in [0.5, 0.6) is 0 Å². The van der Waals surface area contributed by atoms with Crippen molar-refractivity contribution in [2.45, 2.75) is 25.4 Å². The lowest BCUT2D eigenvalue weighted by Gasteiger charge is -2.21. The van der Waals surface area contributed by atoms with Crippen LogP contribution in [-0.2, 0) is 9.53 Å². The number of ether oxygens (including phenoxy) is 1. The molecule has 0 aliphatic carbocycles. The lowest BCUT2D eigenvalue weighted by atomic mass is 10.1. The van der Waals surface area contributed by atoms with Gasteiger partial charge in [0.1, 0.15) is 6.04 Å². The van der Waals surface area contributed by atoms with Crippen LogP contribution < -0.4 is 0 Å². The number of hydrogen-bond donors (Lipinski definition) is 0. The van der Waals surface area contributed by atoms with Gasteiger partial charge in [0, 0.05) is 11.5 Å². The number of amides is 1. The predicted molar refractivity (Wildman–Crippen MR) is 55.8 cm³/mol. The van der Waals surface area contributed by atoms with E-state index >= 15 is 0 Å². The minimum absolute atomic E-state index is 0.156. The van der Waals surface area contributed by atoms with Gasteiger partial charge in [-0.3, -0.25) is 4.79 Å². The molecule has 0 spiro atoms. The van der Waals surface area contributed by atoms with Gasteiger partial charge in [0.25, 0.3) is 0 Å². The molecule has 16 heavy (non-hydrogen) atoms. The number of azide groups is 1. The van der Waals surface area contributed by atoms with Crippen LogP contribution in [0.3, 0.4) is 0 Å². The Hall–Kier alpha value is -1.69. The van der Waals surface area contributed by atoms with Gasteiger partial charge < -0.3 is 9.64 Å². The Bertz CT molecular complexity index is 342. The number of hydrogen-bond acceptors (Lipinski definition) is 4. The summed E-state index contributed by atoms with van der Waals surface area (Å²) in [5.41, 5.74) is 8.29. The third-order valence-electron chi connectivity index (χ3n) is 2.34. The van der Waals surface area contributed by atoms with Gasteiger partial charge in [0.05, 0.1) is 12.6 Å². The van der Waals surface area contributed by atoms with Crippen molar-refractivity contribution in [3.63, 3.8) is 0 Å². The molecule has 1 saturated heterocycles. The predicted octanol–water partition coefficient (Wildman–Crippen LogP) is 0.591. The highest BCUT2D eigenvalue weighted by Gasteiger charge is 2.38. The maximum atomic E-state index is 11.5. The van der Waals surface area contributed by atoms with Crippen molar-refractivity contribution in [1.82, 2.24) is 4.90 Å². The summed E-state index contributed by atoms with van der Waals surface area (Å²) in [5.74, 6) is -1.23. The molecule has 1 aliphatic rings. The zero-order valence-corrected chi connectivity index (χ0v) is 8.87. The molecular formula is C8H11BN4O3. The number of likely N-dealkylation sites (tertiary alicyclic amines) is 1. The van der Waals surface area contributed by atoms with Crippen LogP contribution in [0.15, 0.2) is 5.11 Å². The number of carbonyl (C=O) groups is 2. The summed E-state index contributed by atoms with van der Waals surface area (Å²) in [6.07, 6.45) is 0.256. The number of rotatable bonds is 3. The molecule has 7 nitrogen and oxygen atoms in total. The molecule has 0 saturated carbocycles. The van der Waals surface area contributed by atoms with Crippen LogP contribution in [0.25, 0.3) is 10.4 Å². The van der Waals surface area contributed by atoms with Gasteiger partial charge in [-0.15, -0.1) is 0 Å². The highest BCUT2D eigenvalue weighted by molar-refractivity contribution is 6.57. The summed E-state index contributed by atoms with van der Waals surface area (Å²) in [5, 5.41) is 3.47. The quantitative estimate of drug-likeness (QED) is 0.230. The molecule has 0 aromatic heterocycles. The lowest BCUT2D eigenvalue weighted by molar-refractivity contribution is -0.147. The van der Waals surface area contributed by atoms with E-state index in [4.69, 9.17) is 18.1 Å². The maximum Gasteiger partial charge on any atom is 0.328 e. The molecular weight excluding hydrogens is 211 g/mol. The SMILES string of the molecule is [B]C(=O)N1C[C@H](N=[N+]=[N-])C[C@H]1C(=O)OCC. The first-order valence-electron chi connectivity index (χ1n) is 4.87. The average molecular weight is 222 g/mol. The largest absolute Gasteiger partial charge is 0.464 e. The monoisotopic (exact) mass is 222 g/mol. The molecule has 0 bridgehead atoms. The first-order valence-corrected chi connectivity index (χ1v) is 4.87. The molecule has 1 aliphatic heterocycles. The van der Waals surface area contributed by atoms with Crippen LogP contribution in [0.2, 0.25) is 0 Å². The van der Waals surface area contributed by atoms with Gasteiger partial charge in [-0.1, -0.05) is 5.11 Å². The second kappa shape index (κ2) is 5.41. The zero-order valence-electron chi connectivity index (χ0n) is 8.87. The molecule has 1 fully saturated rings. The van der Waals surface area contributed by atoms with E-state index in [1.807, 2.05) is 0 Å². The summed E-state index contributed by atoms with van der Waals surface area (Å²) in [4.78, 5) is 26.4. The van der Waals surface area contributed by atoms with E-state index in [9.17, 15) is 9.59 Å². The van der Waals surface area contributed by atoms with Crippen LogP contribution in [-0.4, -0.2) is 49.8 Å². The highest BCUT2D eigenvalue weighted by Crippen LogP contribution is 2.21. The summed E-state index contributed by atoms with van der Waals surface area (Å²) in [7, 11) is 5.12. The Labute approximate surface area is 93.8 Å². The second-order valence-electron chi connectivity index (χ2n) is 3.35. The maximum absolute atomic E-state index is 11.5. The minimum Gasteiger partial charge on any atom is -0.464 e. The highest BCUT2D eigenvalue weighted by atomic mass is 16.5. The van der Waals surface area contributed by atoms with Crippen LogP contribution in [0.4, 0.5) is 4.79 Å². The van der Waals surface area contributed by atoms with Crippen molar-refractivity contribution in [3.05, 3.63) is 10.4 Å². The third-order valence-corrected chi connectivity index (χ3v) is 2.34. The first kappa shape index (κ1) is 12.4. The lowest BCUT2D eigenvalue weighted by Crippen LogP contribution is -2.40. The number of carbonyl (C=O) groups excluding carboxylic acids is 2. The molecule has 84 valence electrons. The Morgan fingerprint density at radius 2 is 2.38 bits per heavy atom. The Balaban J connectivity index is 2.76. The van der Waals surface area contributed by atoms with Crippen molar-refractivity contribution in [3.8, 4) is 0 Å². The van der Waals surface area contributed by atoms with Gasteiger partial charge in [-0.25, -0.2) is 4.79 Å². The second-order valence-corrected chi connectivity index (χ2v) is 3.35. The fourth-order valence-electron chi connectivity index (χ4n) is 1.68. The topological polar surface area (TPSA) is 95.4 Å². The van der Waals surface area contributed by atoms with Gasteiger partial charge in [0.2, 0.25) is 7.85 Å². The van der Waals surface area contributed by atoms with Gasteiger partial charge >= 0.3 is 5.97 Å². The van der Waals surface area contributed by atoms with E-state index in [0.717, 1.165) is 4.90 Å². The first-order chi connectivity index (χ1) is 7.60. The summed E-state index contributed by atoms with van der Waals surface area (Å²) < 4.78 is 4.81. The van der Waals surface area contributed by atoms with Crippen molar-refractivity contribution < 1.29 is 14.3 Å². The van der Waals surface area contributed by atoms with Crippen LogP contribution >= 0.6 is 0 Å². The smallest absolute Gasteiger partial charge is 0.328 e. The summed E-state index contributed by atoms with van der Waals surface area (Å²) >= 11 is 0. The summed E-state index contributed by atoms with van der Waals surface area (Å²) in [6.45, 7) is 2.06. The van der Waals surface area contributed by atoms with E-state index < -0.39 is 23.9 Å². The zero-order chi connectivity index (χ0) is 12.1. The minimum atomic E-state index is -0.743. The molecule has 1 rings (SSSR count). The number of esters is 1. The van der Waals surface area contributed by atoms with Crippen LogP contribution in [0, 0.1) is 0 Å². The number of nitrogens with zero attached hydrogens (tertiary/aromatic N) is 4. The molecule has 0 aromatic rings. The Morgan fingerprint density at radius 1 is 1.69 bits per heavy atom. The standard InChI is InChI=1S/C8H11BN4O3/c1-2-16-7(14)6-3-5(11-12-10)4-13(6)8(9)15/h5-6H,2-4H2,1H3/t5-,6+/m1/s1. The molecule has 2 atom stereocenters. The Morgan fingerprint density at radius 3 is 2.88 bits per heavy atom. The summed E-state index contributed by atoms with van der Waals surface area (Å²) in [6, 6.07) is -1.17. The fourth-order valence-corrected chi connectivity index (χ4v) is 1.68. The van der Waals surface area contributed by atoms with Gasteiger partial charge in [0.15, 0.2) is 5.81 Å². The van der Waals surface area contributed by atoms with Crippen LogP contribution in [0.1, 0.15) is 13.3 Å². The molecule has 0 N–H and O–H groups in total. The van der Waals surface area contributed by atoms with Crippen molar-refractivity contribution in [2.75, 3.05) is 13.2 Å². The molecule has 1 amide bonds. The fraction of sp³-hybridized carbons (Fsp3) is 0.750. The third kappa shape index (κ3) is 2.67. The van der Waals surface area contributed by atoms with Crippen molar-refractivity contribution in [1.29, 1.82) is 0 Å². The average Bonchev–Trinajstić information content (AvgIpc) is 2.63. The van der Waals surface area contributed by atoms with E-state index in [2.05, 4.69) is 10.0 Å². The van der Waals surface area contributed by atoms with E-state index in [1.54, 1.807) is 6.92 Å². The molecule has 1 heterocycles. The van der Waals surface area contributed by atoms with Crippen molar-refractivity contribution in [2.24, 2.45) is 5.11 Å². The van der Waals surface area contributed by atoms with E-state index in [1.165, 1.54) is 0 Å². The molecule has 8 heteroatoms. The molecule has 0 unspecified atom stereocenters. The van der Waals surface area contributed by atoms with E-state index in [0.29, 0.717) is 0 Å². The van der Waals surface area contributed by atoms with Crippen molar-refractivity contribution >= 4 is 19.6 Å². The molecule has 2 radical (unpaired) electrons. The normalized spacial score (nSPS) is 23.7. The van der Waals surface area contributed by atoms with Gasteiger partial charge in [-0.05, 0) is 18.9 Å². The molecule has 0 aromatic carbocycles. The van der Waals surface area contributed by atoms with E-state index in [-0.39, 0.29) is 19.6 Å².